The van der Waals surface area contributed by atoms with Crippen LogP contribution in [0.5, 0.6) is 0 Å². The number of nitrogens with one attached hydrogen (secondary N) is 1. The zero-order chi connectivity index (χ0) is 12.5. The van der Waals surface area contributed by atoms with Crippen LogP contribution in [0.2, 0.25) is 0 Å². The summed E-state index contributed by atoms with van der Waals surface area (Å²) >= 11 is 5.35. The lowest BCUT2D eigenvalue weighted by atomic mass is 10.2. The van der Waals surface area contributed by atoms with Crippen molar-refractivity contribution in [2.24, 2.45) is 0 Å². The van der Waals surface area contributed by atoms with Gasteiger partial charge in [-0.1, -0.05) is 0 Å². The molecule has 1 N–H and O–H groups in total. The van der Waals surface area contributed by atoms with E-state index in [4.69, 9.17) is 12.2 Å². The van der Waals surface area contributed by atoms with Crippen molar-refractivity contribution in [3.8, 4) is 11.4 Å². The van der Waals surface area contributed by atoms with Gasteiger partial charge in [-0.3, -0.25) is 14.6 Å². The average molecular weight is 261 g/mol. The first kappa shape index (κ1) is 11.6. The smallest absolute Gasteiger partial charge is 0.195 e. The van der Waals surface area contributed by atoms with Gasteiger partial charge in [-0.25, -0.2) is 0 Å². The van der Waals surface area contributed by atoms with E-state index in [0.717, 1.165) is 30.9 Å². The highest BCUT2D eigenvalue weighted by molar-refractivity contribution is 7.71. The van der Waals surface area contributed by atoms with E-state index in [1.165, 1.54) is 0 Å². The van der Waals surface area contributed by atoms with E-state index in [-0.39, 0.29) is 0 Å². The Hall–Kier alpha value is -1.53. The molecule has 0 bridgehead atoms. The highest BCUT2D eigenvalue weighted by Gasteiger charge is 2.24. The molecule has 5 nitrogen and oxygen atoms in total. The molecule has 0 aliphatic carbocycles. The second-order valence-electron chi connectivity index (χ2n) is 4.67. The van der Waals surface area contributed by atoms with Gasteiger partial charge in [0.15, 0.2) is 10.6 Å². The molecule has 94 valence electrons. The molecule has 1 aliphatic rings. The Kier molecular flexibility index (Phi) is 2.97. The minimum atomic E-state index is 0.399. The highest BCUT2D eigenvalue weighted by atomic mass is 32.1. The van der Waals surface area contributed by atoms with Gasteiger partial charge in [0, 0.05) is 24.5 Å². The van der Waals surface area contributed by atoms with Gasteiger partial charge in [-0.2, -0.15) is 5.10 Å². The molecule has 0 spiro atoms. The lowest BCUT2D eigenvalue weighted by Gasteiger charge is -2.14. The number of aromatic amines is 1. The number of nitrogens with zero attached hydrogens (tertiary/aromatic N) is 4. The van der Waals surface area contributed by atoms with E-state index in [1.54, 1.807) is 6.20 Å². The Morgan fingerprint density at radius 3 is 3.06 bits per heavy atom. The van der Waals surface area contributed by atoms with Crippen LogP contribution in [-0.2, 0) is 0 Å². The Morgan fingerprint density at radius 1 is 1.50 bits per heavy atom. The molecular weight excluding hydrogens is 246 g/mol. The molecule has 18 heavy (non-hydrogen) atoms. The molecule has 1 aliphatic heterocycles. The molecule has 6 heteroatoms. The van der Waals surface area contributed by atoms with Gasteiger partial charge in [-0.15, -0.1) is 0 Å². The molecule has 2 aromatic heterocycles. The molecule has 0 aromatic carbocycles. The number of hydrogen-bond donors (Lipinski definition) is 1. The lowest BCUT2D eigenvalue weighted by molar-refractivity contribution is 0.392. The van der Waals surface area contributed by atoms with Gasteiger partial charge in [0.1, 0.15) is 0 Å². The normalized spacial score (nSPS) is 20.4. The maximum atomic E-state index is 5.35. The Morgan fingerprint density at radius 2 is 2.39 bits per heavy atom. The Balaban J connectivity index is 2.05. The van der Waals surface area contributed by atoms with Crippen molar-refractivity contribution in [2.75, 3.05) is 20.1 Å². The third-order valence-electron chi connectivity index (χ3n) is 3.36. The quantitative estimate of drug-likeness (QED) is 0.839. The van der Waals surface area contributed by atoms with Gasteiger partial charge < -0.3 is 4.90 Å². The summed E-state index contributed by atoms with van der Waals surface area (Å²) in [5, 5.41) is 7.24. The lowest BCUT2D eigenvalue weighted by Crippen LogP contribution is -2.17. The summed E-state index contributed by atoms with van der Waals surface area (Å²) in [6.45, 7) is 2.12. The van der Waals surface area contributed by atoms with E-state index >= 15 is 0 Å². The van der Waals surface area contributed by atoms with E-state index in [2.05, 4.69) is 31.7 Å². The summed E-state index contributed by atoms with van der Waals surface area (Å²) in [6.07, 6.45) is 4.69. The van der Waals surface area contributed by atoms with Crippen LogP contribution in [-0.4, -0.2) is 44.8 Å². The van der Waals surface area contributed by atoms with Gasteiger partial charge in [0.25, 0.3) is 0 Å². The van der Waals surface area contributed by atoms with Crippen molar-refractivity contribution < 1.29 is 0 Å². The maximum absolute atomic E-state index is 5.35. The van der Waals surface area contributed by atoms with Crippen molar-refractivity contribution in [3.63, 3.8) is 0 Å². The minimum Gasteiger partial charge on any atom is -0.304 e. The topological polar surface area (TPSA) is 49.7 Å². The van der Waals surface area contributed by atoms with Gasteiger partial charge >= 0.3 is 0 Å². The van der Waals surface area contributed by atoms with Gasteiger partial charge in [0.05, 0.1) is 6.04 Å². The van der Waals surface area contributed by atoms with Crippen LogP contribution in [0.4, 0.5) is 0 Å². The maximum Gasteiger partial charge on any atom is 0.195 e. The molecule has 1 saturated heterocycles. The fourth-order valence-corrected chi connectivity index (χ4v) is 2.75. The first-order valence-electron chi connectivity index (χ1n) is 6.01. The fraction of sp³-hybridized carbons (Fsp3) is 0.417. The van der Waals surface area contributed by atoms with Crippen LogP contribution in [0.25, 0.3) is 11.4 Å². The molecule has 2 aromatic rings. The molecular formula is C12H15N5S. The predicted octanol–water partition coefficient (Wildman–Crippen LogP) is 1.88. The second kappa shape index (κ2) is 4.62. The van der Waals surface area contributed by atoms with Crippen LogP contribution in [0.3, 0.4) is 0 Å². The number of H-pyrrole nitrogens is 1. The predicted molar refractivity (Wildman–Crippen MR) is 71.8 cm³/mol. The highest BCUT2D eigenvalue weighted by Crippen LogP contribution is 2.26. The first-order valence-corrected chi connectivity index (χ1v) is 6.42. The molecule has 0 radical (unpaired) electrons. The number of rotatable bonds is 2. The zero-order valence-corrected chi connectivity index (χ0v) is 11.0. The molecule has 3 rings (SSSR count). The number of likely N-dealkylation sites (tertiary alicyclic amines) is 1. The van der Waals surface area contributed by atoms with Crippen molar-refractivity contribution in [3.05, 3.63) is 29.3 Å². The molecule has 0 amide bonds. The summed E-state index contributed by atoms with van der Waals surface area (Å²) in [5.41, 5.74) is 0.999. The van der Waals surface area contributed by atoms with E-state index in [0.29, 0.717) is 10.8 Å². The Labute approximate surface area is 110 Å². The monoisotopic (exact) mass is 261 g/mol. The minimum absolute atomic E-state index is 0.399. The van der Waals surface area contributed by atoms with E-state index < -0.39 is 0 Å². The number of likely N-dealkylation sites (N-methyl/N-ethyl adjacent to an activating group) is 1. The molecule has 1 atom stereocenters. The van der Waals surface area contributed by atoms with Crippen LogP contribution < -0.4 is 0 Å². The molecule has 3 heterocycles. The van der Waals surface area contributed by atoms with Crippen molar-refractivity contribution in [1.29, 1.82) is 0 Å². The number of hydrogen-bond acceptors (Lipinski definition) is 4. The third-order valence-corrected chi connectivity index (χ3v) is 3.64. The largest absolute Gasteiger partial charge is 0.304 e. The van der Waals surface area contributed by atoms with Crippen LogP contribution in [0.1, 0.15) is 12.5 Å². The third kappa shape index (κ3) is 1.97. The number of aromatic nitrogens is 4. The van der Waals surface area contributed by atoms with Crippen LogP contribution in [0.15, 0.2) is 24.5 Å². The van der Waals surface area contributed by atoms with Crippen molar-refractivity contribution in [1.82, 2.24) is 24.6 Å². The van der Waals surface area contributed by atoms with Crippen molar-refractivity contribution >= 4 is 12.2 Å². The SMILES string of the molecule is CN1CCC(n2c(-c3cccnc3)n[nH]c2=S)C1. The fourth-order valence-electron chi connectivity index (χ4n) is 2.46. The number of pyridine rings is 1. The van der Waals surface area contributed by atoms with Gasteiger partial charge in [0.2, 0.25) is 0 Å². The first-order chi connectivity index (χ1) is 8.75. The van der Waals surface area contributed by atoms with E-state index in [9.17, 15) is 0 Å². The van der Waals surface area contributed by atoms with Crippen LogP contribution >= 0.6 is 12.2 Å². The van der Waals surface area contributed by atoms with Gasteiger partial charge in [-0.05, 0) is 44.4 Å². The van der Waals surface area contributed by atoms with Crippen molar-refractivity contribution in [2.45, 2.75) is 12.5 Å². The standard InChI is InChI=1S/C12H15N5S/c1-16-6-4-10(8-16)17-11(14-15-12(17)18)9-3-2-5-13-7-9/h2-3,5,7,10H,4,6,8H2,1H3,(H,15,18). The zero-order valence-electron chi connectivity index (χ0n) is 10.2. The summed E-state index contributed by atoms with van der Waals surface area (Å²) in [5.74, 6) is 0.883. The summed E-state index contributed by atoms with van der Waals surface area (Å²) in [7, 11) is 2.13. The second-order valence-corrected chi connectivity index (χ2v) is 5.06. The Bertz CT molecular complexity index is 588. The summed E-state index contributed by atoms with van der Waals surface area (Å²) in [6, 6.07) is 4.32. The summed E-state index contributed by atoms with van der Waals surface area (Å²) in [4.78, 5) is 6.45. The average Bonchev–Trinajstić information content (AvgIpc) is 2.96. The summed E-state index contributed by atoms with van der Waals surface area (Å²) < 4.78 is 2.81. The molecule has 0 saturated carbocycles. The molecule has 1 unspecified atom stereocenters. The van der Waals surface area contributed by atoms with Crippen LogP contribution in [0, 0.1) is 4.77 Å². The van der Waals surface area contributed by atoms with E-state index in [1.807, 2.05) is 18.3 Å². The molecule has 1 fully saturated rings.